The minimum absolute atomic E-state index is 0.215. The third-order valence-electron chi connectivity index (χ3n) is 7.08. The Bertz CT molecular complexity index is 1720. The highest BCUT2D eigenvalue weighted by atomic mass is 16.5. The van der Waals surface area contributed by atoms with Gasteiger partial charge in [0.15, 0.2) is 0 Å². The van der Waals surface area contributed by atoms with Gasteiger partial charge in [-0.25, -0.2) is 4.68 Å². The average Bonchev–Trinajstić information content (AvgIpc) is 3.23. The van der Waals surface area contributed by atoms with Gasteiger partial charge in [-0.1, -0.05) is 72.8 Å². The van der Waals surface area contributed by atoms with Gasteiger partial charge in [-0.3, -0.25) is 9.59 Å². The molecule has 0 unspecified atom stereocenters. The first-order chi connectivity index (χ1) is 19.0. The van der Waals surface area contributed by atoms with E-state index in [-0.39, 0.29) is 5.91 Å². The molecular weight excluding hydrogens is 490 g/mol. The smallest absolute Gasteiger partial charge is 0.255 e. The van der Waals surface area contributed by atoms with Crippen molar-refractivity contribution in [1.82, 2.24) is 15.1 Å². The number of benzene rings is 4. The highest BCUT2D eigenvalue weighted by molar-refractivity contribution is 6.09. The van der Waals surface area contributed by atoms with E-state index in [0.29, 0.717) is 41.5 Å². The molecular formula is C31H27N5O3. The number of ether oxygens (including phenoxy) is 1. The molecule has 5 aromatic rings. The standard InChI is InChI=1S/C31H27N5O3/c1-39-25-15-14-20-6-2-4-8-23(20)26(25)31(38)33-18-19-10-12-22(13-11-19)28-27(29(32)37)30-34-24-9-5-3-7-21(24)16-17-36(30)35-28/h2-15,34H,16-18H2,1H3,(H2,32,37)(H,33,38). The summed E-state index contributed by atoms with van der Waals surface area (Å²) in [6.45, 7) is 0.952. The molecule has 8 heteroatoms. The van der Waals surface area contributed by atoms with Crippen molar-refractivity contribution in [2.24, 2.45) is 5.73 Å². The van der Waals surface area contributed by atoms with Gasteiger partial charge in [-0.2, -0.15) is 5.10 Å². The molecule has 0 aliphatic carbocycles. The van der Waals surface area contributed by atoms with Gasteiger partial charge in [-0.15, -0.1) is 0 Å². The van der Waals surface area contributed by atoms with Gasteiger partial charge in [0.05, 0.1) is 12.7 Å². The summed E-state index contributed by atoms with van der Waals surface area (Å²) in [5.41, 5.74) is 11.0. The molecule has 0 radical (unpaired) electrons. The third-order valence-corrected chi connectivity index (χ3v) is 7.08. The zero-order chi connectivity index (χ0) is 26.9. The number of carbonyl (C=O) groups excluding carboxylic acids is 2. The SMILES string of the molecule is COc1ccc2ccccc2c1C(=O)NCc1ccc(-c2nn3c(c2C(N)=O)Nc2ccccc2CC3)cc1. The van der Waals surface area contributed by atoms with Gasteiger partial charge in [0.25, 0.3) is 11.8 Å². The fourth-order valence-corrected chi connectivity index (χ4v) is 5.11. The molecule has 2 amide bonds. The molecule has 194 valence electrons. The van der Waals surface area contributed by atoms with Crippen LogP contribution in [0.4, 0.5) is 11.5 Å². The van der Waals surface area contributed by atoms with Crippen molar-refractivity contribution in [2.45, 2.75) is 19.5 Å². The van der Waals surface area contributed by atoms with Gasteiger partial charge in [0.1, 0.15) is 22.8 Å². The first-order valence-corrected chi connectivity index (χ1v) is 12.7. The zero-order valence-corrected chi connectivity index (χ0v) is 21.4. The number of nitrogens with one attached hydrogen (secondary N) is 2. The lowest BCUT2D eigenvalue weighted by atomic mass is 10.0. The average molecular weight is 518 g/mol. The molecule has 0 saturated heterocycles. The van der Waals surface area contributed by atoms with Crippen molar-refractivity contribution in [2.75, 3.05) is 12.4 Å². The Labute approximate surface area is 225 Å². The Morgan fingerprint density at radius 3 is 2.54 bits per heavy atom. The maximum atomic E-state index is 13.2. The number of rotatable bonds is 6. The molecule has 8 nitrogen and oxygen atoms in total. The predicted octanol–water partition coefficient (Wildman–Crippen LogP) is 5.04. The molecule has 4 N–H and O–H groups in total. The van der Waals surface area contributed by atoms with E-state index in [1.54, 1.807) is 11.8 Å². The predicted molar refractivity (Wildman–Crippen MR) is 151 cm³/mol. The fraction of sp³-hybridized carbons (Fsp3) is 0.129. The van der Waals surface area contributed by atoms with Crippen molar-refractivity contribution in [3.05, 3.63) is 107 Å². The van der Waals surface area contributed by atoms with E-state index < -0.39 is 5.91 Å². The second-order valence-corrected chi connectivity index (χ2v) is 9.44. The molecule has 4 aromatic carbocycles. The van der Waals surface area contributed by atoms with E-state index in [1.807, 2.05) is 78.9 Å². The first-order valence-electron chi connectivity index (χ1n) is 12.7. The van der Waals surface area contributed by atoms with Crippen LogP contribution in [-0.4, -0.2) is 28.7 Å². The number of hydrogen-bond donors (Lipinski definition) is 3. The first kappa shape index (κ1) is 24.2. The number of methoxy groups -OCH3 is 1. The summed E-state index contributed by atoms with van der Waals surface area (Å²) < 4.78 is 7.28. The fourth-order valence-electron chi connectivity index (χ4n) is 5.11. The van der Waals surface area contributed by atoms with Crippen LogP contribution in [-0.2, 0) is 19.5 Å². The van der Waals surface area contributed by atoms with Crippen LogP contribution >= 0.6 is 0 Å². The van der Waals surface area contributed by atoms with Gasteiger partial charge >= 0.3 is 0 Å². The number of aromatic nitrogens is 2. The van der Waals surface area contributed by atoms with Crippen LogP contribution in [0, 0.1) is 0 Å². The molecule has 39 heavy (non-hydrogen) atoms. The van der Waals surface area contributed by atoms with Crippen molar-refractivity contribution >= 4 is 34.1 Å². The van der Waals surface area contributed by atoms with Crippen LogP contribution in [0.25, 0.3) is 22.0 Å². The van der Waals surface area contributed by atoms with Crippen LogP contribution in [0.2, 0.25) is 0 Å². The lowest BCUT2D eigenvalue weighted by Crippen LogP contribution is -2.23. The van der Waals surface area contributed by atoms with E-state index in [9.17, 15) is 9.59 Å². The summed E-state index contributed by atoms with van der Waals surface area (Å²) in [4.78, 5) is 25.7. The number of hydrogen-bond acceptors (Lipinski definition) is 5. The highest BCUT2D eigenvalue weighted by Gasteiger charge is 2.26. The molecule has 6 rings (SSSR count). The van der Waals surface area contributed by atoms with Crippen LogP contribution in [0.3, 0.4) is 0 Å². The highest BCUT2D eigenvalue weighted by Crippen LogP contribution is 2.34. The largest absolute Gasteiger partial charge is 0.496 e. The number of aryl methyl sites for hydroxylation is 2. The van der Waals surface area contributed by atoms with Crippen molar-refractivity contribution in [1.29, 1.82) is 0 Å². The van der Waals surface area contributed by atoms with Crippen molar-refractivity contribution in [3.8, 4) is 17.0 Å². The Morgan fingerprint density at radius 2 is 1.74 bits per heavy atom. The maximum absolute atomic E-state index is 13.2. The second-order valence-electron chi connectivity index (χ2n) is 9.44. The molecule has 0 spiro atoms. The molecule has 1 aliphatic rings. The van der Waals surface area contributed by atoms with Gasteiger partial charge in [0, 0.05) is 24.3 Å². The summed E-state index contributed by atoms with van der Waals surface area (Å²) >= 11 is 0. The van der Waals surface area contributed by atoms with Gasteiger partial charge < -0.3 is 21.1 Å². The minimum Gasteiger partial charge on any atom is -0.496 e. The molecule has 0 atom stereocenters. The Kier molecular flexibility index (Phi) is 6.20. The van der Waals surface area contributed by atoms with Crippen LogP contribution in [0.15, 0.2) is 84.9 Å². The Hall–Kier alpha value is -5.11. The number of nitrogens with zero attached hydrogens (tertiary/aromatic N) is 2. The number of fused-ring (bicyclic) bond motifs is 3. The van der Waals surface area contributed by atoms with E-state index in [2.05, 4.69) is 16.7 Å². The number of primary amides is 1. The summed E-state index contributed by atoms with van der Waals surface area (Å²) in [5, 5.41) is 12.9. The Morgan fingerprint density at radius 1 is 0.974 bits per heavy atom. The lowest BCUT2D eigenvalue weighted by molar-refractivity contribution is 0.0948. The van der Waals surface area contributed by atoms with E-state index >= 15 is 0 Å². The number of carbonyl (C=O) groups is 2. The molecule has 0 bridgehead atoms. The normalized spacial score (nSPS) is 12.1. The quantitative estimate of drug-likeness (QED) is 0.292. The monoisotopic (exact) mass is 517 g/mol. The molecule has 2 heterocycles. The molecule has 0 saturated carbocycles. The molecule has 1 aliphatic heterocycles. The number of amides is 2. The van der Waals surface area contributed by atoms with Crippen molar-refractivity contribution in [3.63, 3.8) is 0 Å². The van der Waals surface area contributed by atoms with E-state index in [0.717, 1.165) is 39.6 Å². The van der Waals surface area contributed by atoms with Crippen LogP contribution in [0.5, 0.6) is 5.75 Å². The topological polar surface area (TPSA) is 111 Å². The van der Waals surface area contributed by atoms with Gasteiger partial charge in [0.2, 0.25) is 0 Å². The summed E-state index contributed by atoms with van der Waals surface area (Å²) in [6.07, 6.45) is 0.787. The van der Waals surface area contributed by atoms with Crippen molar-refractivity contribution < 1.29 is 14.3 Å². The summed E-state index contributed by atoms with van der Waals surface area (Å²) in [7, 11) is 1.56. The molecule has 1 aromatic heterocycles. The van der Waals surface area contributed by atoms with Crippen LogP contribution in [0.1, 0.15) is 31.8 Å². The molecule has 0 fully saturated rings. The minimum atomic E-state index is -0.543. The van der Waals surface area contributed by atoms with Gasteiger partial charge in [-0.05, 0) is 40.5 Å². The number of nitrogens with two attached hydrogens (primary N) is 1. The third kappa shape index (κ3) is 4.46. The summed E-state index contributed by atoms with van der Waals surface area (Å²) in [5.74, 6) is 0.366. The number of anilines is 2. The Balaban J connectivity index is 1.24. The van der Waals surface area contributed by atoms with E-state index in [4.69, 9.17) is 15.6 Å². The lowest BCUT2D eigenvalue weighted by Gasteiger charge is -2.13. The maximum Gasteiger partial charge on any atom is 0.255 e. The summed E-state index contributed by atoms with van der Waals surface area (Å²) in [6, 6.07) is 27.1. The van der Waals surface area contributed by atoms with E-state index in [1.165, 1.54) is 0 Å². The van der Waals surface area contributed by atoms with Crippen LogP contribution < -0.4 is 21.1 Å². The number of para-hydroxylation sites is 1. The second kappa shape index (κ2) is 9.98. The zero-order valence-electron chi connectivity index (χ0n) is 21.4.